The monoisotopic (exact) mass is 364 g/mol. The molecule has 94 valence electrons. The van der Waals surface area contributed by atoms with Crippen molar-refractivity contribution in [3.63, 3.8) is 0 Å². The number of hydrogen-bond donors (Lipinski definition) is 0. The van der Waals surface area contributed by atoms with Gasteiger partial charge in [0.05, 0.1) is 11.4 Å². The van der Waals surface area contributed by atoms with Gasteiger partial charge in [-0.25, -0.2) is 4.98 Å². The molecule has 17 heavy (non-hydrogen) atoms. The molecule has 0 fully saturated rings. The highest BCUT2D eigenvalue weighted by Crippen LogP contribution is 2.10. The van der Waals surface area contributed by atoms with Crippen molar-refractivity contribution in [2.24, 2.45) is 0 Å². The predicted octanol–water partition coefficient (Wildman–Crippen LogP) is 2.33. The smallest absolute Gasteiger partial charge is 0.272 e. The molecular formula is C11H14Br2N2O2. The van der Waals surface area contributed by atoms with Crippen molar-refractivity contribution in [2.75, 3.05) is 27.3 Å². The Kier molecular flexibility index (Phi) is 6.08. The molecule has 0 saturated heterocycles. The highest BCUT2D eigenvalue weighted by atomic mass is 79.9. The first-order valence-electron chi connectivity index (χ1n) is 5.04. The van der Waals surface area contributed by atoms with E-state index < -0.39 is 0 Å². The van der Waals surface area contributed by atoms with E-state index in [1.54, 1.807) is 37.4 Å². The van der Waals surface area contributed by atoms with Gasteiger partial charge in [0.2, 0.25) is 0 Å². The van der Waals surface area contributed by atoms with Gasteiger partial charge < -0.3 is 9.64 Å². The third kappa shape index (κ3) is 4.73. The minimum absolute atomic E-state index is 0.0990. The van der Waals surface area contributed by atoms with Crippen molar-refractivity contribution in [1.82, 2.24) is 9.88 Å². The first-order chi connectivity index (χ1) is 8.04. The highest BCUT2D eigenvalue weighted by molar-refractivity contribution is 9.10. The summed E-state index contributed by atoms with van der Waals surface area (Å²) >= 11 is 6.73. The summed E-state index contributed by atoms with van der Waals surface area (Å²) in [5.74, 6) is -0.0990. The minimum atomic E-state index is -0.0990. The molecule has 0 aliphatic rings. The summed E-state index contributed by atoms with van der Waals surface area (Å²) in [7, 11) is 3.38. The van der Waals surface area contributed by atoms with Crippen molar-refractivity contribution in [2.45, 2.75) is 4.83 Å². The number of carbonyl (C=O) groups is 1. The van der Waals surface area contributed by atoms with Gasteiger partial charge >= 0.3 is 0 Å². The molecule has 0 aliphatic carbocycles. The molecule has 0 spiro atoms. The van der Waals surface area contributed by atoms with E-state index in [0.29, 0.717) is 18.8 Å². The third-order valence-electron chi connectivity index (χ3n) is 2.11. The Bertz CT molecular complexity index is 370. The largest absolute Gasteiger partial charge is 0.383 e. The number of amides is 1. The number of carbonyl (C=O) groups excluding carboxylic acids is 1. The molecule has 4 nitrogen and oxygen atoms in total. The van der Waals surface area contributed by atoms with Crippen molar-refractivity contribution in [1.29, 1.82) is 0 Å². The fraction of sp³-hybridized carbons (Fsp3) is 0.455. The van der Waals surface area contributed by atoms with Crippen LogP contribution in [-0.4, -0.2) is 47.9 Å². The number of halogens is 2. The molecule has 1 rings (SSSR count). The molecular weight excluding hydrogens is 352 g/mol. The first kappa shape index (κ1) is 14.6. The molecule has 1 unspecified atom stereocenters. The zero-order valence-electron chi connectivity index (χ0n) is 9.69. The molecule has 0 N–H and O–H groups in total. The Hall–Kier alpha value is -0.460. The van der Waals surface area contributed by atoms with E-state index in [0.717, 1.165) is 4.47 Å². The van der Waals surface area contributed by atoms with Crippen molar-refractivity contribution in [3.8, 4) is 0 Å². The van der Waals surface area contributed by atoms with Crippen LogP contribution in [0, 0.1) is 0 Å². The maximum Gasteiger partial charge on any atom is 0.272 e. The lowest BCUT2D eigenvalue weighted by molar-refractivity contribution is 0.0778. The van der Waals surface area contributed by atoms with Gasteiger partial charge in [0, 0.05) is 31.4 Å². The quantitative estimate of drug-likeness (QED) is 0.752. The minimum Gasteiger partial charge on any atom is -0.383 e. The Labute approximate surface area is 118 Å². The van der Waals surface area contributed by atoms with Crippen LogP contribution in [0.4, 0.5) is 0 Å². The predicted molar refractivity (Wildman–Crippen MR) is 73.5 cm³/mol. The number of methoxy groups -OCH3 is 1. The molecule has 1 amide bonds. The topological polar surface area (TPSA) is 42.4 Å². The number of nitrogens with zero attached hydrogens (tertiary/aromatic N) is 2. The normalized spacial score (nSPS) is 12.2. The first-order valence-corrected chi connectivity index (χ1v) is 6.75. The summed E-state index contributed by atoms with van der Waals surface area (Å²) in [5.41, 5.74) is 0.438. The number of rotatable bonds is 5. The van der Waals surface area contributed by atoms with Crippen LogP contribution in [0.1, 0.15) is 10.5 Å². The van der Waals surface area contributed by atoms with Gasteiger partial charge in [-0.2, -0.15) is 0 Å². The van der Waals surface area contributed by atoms with E-state index >= 15 is 0 Å². The summed E-state index contributed by atoms with van der Waals surface area (Å²) in [6.07, 6.45) is 1.61. The second kappa shape index (κ2) is 7.08. The van der Waals surface area contributed by atoms with Gasteiger partial charge in [-0.1, -0.05) is 15.9 Å². The summed E-state index contributed by atoms with van der Waals surface area (Å²) in [5, 5.41) is 0. The molecule has 0 aliphatic heterocycles. The number of alkyl halides is 1. The summed E-state index contributed by atoms with van der Waals surface area (Å²) < 4.78 is 5.85. The third-order valence-corrected chi connectivity index (χ3v) is 3.14. The van der Waals surface area contributed by atoms with E-state index in [9.17, 15) is 4.79 Å². The molecule has 6 heteroatoms. The lowest BCUT2D eigenvalue weighted by atomic mass is 10.3. The lowest BCUT2D eigenvalue weighted by Gasteiger charge is -2.19. The zero-order chi connectivity index (χ0) is 12.8. The molecule has 0 bridgehead atoms. The number of aromatic nitrogens is 1. The molecule has 0 radical (unpaired) electrons. The van der Waals surface area contributed by atoms with Crippen LogP contribution in [-0.2, 0) is 4.74 Å². The number of hydrogen-bond acceptors (Lipinski definition) is 3. The molecule has 1 aromatic heterocycles. The van der Waals surface area contributed by atoms with Gasteiger partial charge in [0.1, 0.15) is 5.69 Å². The maximum absolute atomic E-state index is 12.0. The van der Waals surface area contributed by atoms with E-state index in [2.05, 4.69) is 36.8 Å². The average molecular weight is 366 g/mol. The van der Waals surface area contributed by atoms with E-state index in [4.69, 9.17) is 4.74 Å². The second-order valence-electron chi connectivity index (χ2n) is 3.60. The zero-order valence-corrected chi connectivity index (χ0v) is 12.9. The lowest BCUT2D eigenvalue weighted by Crippen LogP contribution is -2.34. The Morgan fingerprint density at radius 2 is 2.29 bits per heavy atom. The Balaban J connectivity index is 2.60. The van der Waals surface area contributed by atoms with Gasteiger partial charge in [0.15, 0.2) is 0 Å². The number of ether oxygens (including phenoxy) is 1. The van der Waals surface area contributed by atoms with E-state index in [1.807, 2.05) is 0 Å². The molecule has 1 atom stereocenters. The molecule has 0 aromatic carbocycles. The van der Waals surface area contributed by atoms with Crippen molar-refractivity contribution in [3.05, 3.63) is 28.5 Å². The van der Waals surface area contributed by atoms with E-state index in [-0.39, 0.29) is 10.7 Å². The average Bonchev–Trinajstić information content (AvgIpc) is 2.29. The van der Waals surface area contributed by atoms with Crippen LogP contribution in [0.3, 0.4) is 0 Å². The van der Waals surface area contributed by atoms with Gasteiger partial charge in [-0.15, -0.1) is 0 Å². The SMILES string of the molecule is COCC(Br)CN(C)C(=O)c1ccc(Br)cn1. The summed E-state index contributed by atoms with van der Waals surface area (Å²) in [6.45, 7) is 1.13. The number of pyridine rings is 1. The van der Waals surface area contributed by atoms with Crippen LogP contribution in [0.25, 0.3) is 0 Å². The second-order valence-corrected chi connectivity index (χ2v) is 5.81. The van der Waals surface area contributed by atoms with E-state index in [1.165, 1.54) is 0 Å². The van der Waals surface area contributed by atoms with Crippen LogP contribution in [0.15, 0.2) is 22.8 Å². The van der Waals surface area contributed by atoms with Crippen LogP contribution < -0.4 is 0 Å². The molecule has 1 aromatic rings. The van der Waals surface area contributed by atoms with Crippen molar-refractivity contribution < 1.29 is 9.53 Å². The molecule has 0 saturated carbocycles. The van der Waals surface area contributed by atoms with Crippen LogP contribution in [0.5, 0.6) is 0 Å². The molecule has 1 heterocycles. The maximum atomic E-state index is 12.0. The van der Waals surface area contributed by atoms with Gasteiger partial charge in [-0.3, -0.25) is 4.79 Å². The van der Waals surface area contributed by atoms with Gasteiger partial charge in [-0.05, 0) is 28.1 Å². The standard InChI is InChI=1S/C11H14Br2N2O2/c1-15(6-9(13)7-17-2)11(16)10-4-3-8(12)5-14-10/h3-5,9H,6-7H2,1-2H3. The fourth-order valence-corrected chi connectivity index (χ4v) is 2.24. The summed E-state index contributed by atoms with van der Waals surface area (Å²) in [6, 6.07) is 3.50. The Morgan fingerprint density at radius 1 is 1.59 bits per heavy atom. The summed E-state index contributed by atoms with van der Waals surface area (Å²) in [4.78, 5) is 17.8. The Morgan fingerprint density at radius 3 is 2.82 bits per heavy atom. The van der Waals surface area contributed by atoms with Crippen LogP contribution in [0.2, 0.25) is 0 Å². The van der Waals surface area contributed by atoms with Gasteiger partial charge in [0.25, 0.3) is 5.91 Å². The van der Waals surface area contributed by atoms with Crippen LogP contribution >= 0.6 is 31.9 Å². The fourth-order valence-electron chi connectivity index (χ4n) is 1.31. The highest BCUT2D eigenvalue weighted by Gasteiger charge is 2.16. The van der Waals surface area contributed by atoms with Crippen molar-refractivity contribution >= 4 is 37.8 Å².